The van der Waals surface area contributed by atoms with Gasteiger partial charge >= 0.3 is 0 Å². The second-order valence-electron chi connectivity index (χ2n) is 6.05. The molecule has 1 atom stereocenters. The van der Waals surface area contributed by atoms with E-state index in [4.69, 9.17) is 0 Å². The molecule has 2 heteroatoms. The van der Waals surface area contributed by atoms with Crippen LogP contribution in [0.5, 0.6) is 0 Å². The van der Waals surface area contributed by atoms with Crippen LogP contribution in [0.25, 0.3) is 0 Å². The van der Waals surface area contributed by atoms with Crippen molar-refractivity contribution in [2.24, 2.45) is 0 Å². The van der Waals surface area contributed by atoms with Crippen molar-refractivity contribution in [3.8, 4) is 0 Å². The van der Waals surface area contributed by atoms with E-state index in [9.17, 15) is 0 Å². The summed E-state index contributed by atoms with van der Waals surface area (Å²) in [5, 5.41) is 3.50. The highest BCUT2D eigenvalue weighted by Gasteiger charge is 2.31. The lowest BCUT2D eigenvalue weighted by Gasteiger charge is -2.43. The first kappa shape index (κ1) is 13.0. The molecule has 0 bridgehead atoms. The van der Waals surface area contributed by atoms with Crippen molar-refractivity contribution in [2.45, 2.75) is 63.5 Å². The molecule has 2 heterocycles. The molecule has 19 heavy (non-hydrogen) atoms. The summed E-state index contributed by atoms with van der Waals surface area (Å²) in [6, 6.07) is 1.45. The van der Waals surface area contributed by atoms with Gasteiger partial charge in [0.05, 0.1) is 6.04 Å². The molecule has 0 spiro atoms. The van der Waals surface area contributed by atoms with Gasteiger partial charge in [-0.25, -0.2) is 0 Å². The Bertz CT molecular complexity index is 375. The maximum Gasteiger partial charge on any atom is 0.0501 e. The molecular formula is C17H26N2. The molecule has 0 aromatic rings. The number of piperidine rings is 1. The molecular weight excluding hydrogens is 232 g/mol. The van der Waals surface area contributed by atoms with Gasteiger partial charge in [0.2, 0.25) is 0 Å². The van der Waals surface area contributed by atoms with Crippen molar-refractivity contribution in [3.05, 3.63) is 36.2 Å². The van der Waals surface area contributed by atoms with E-state index >= 15 is 0 Å². The molecule has 2 aliphatic heterocycles. The fourth-order valence-corrected chi connectivity index (χ4v) is 3.82. The zero-order chi connectivity index (χ0) is 12.9. The summed E-state index contributed by atoms with van der Waals surface area (Å²) in [6.45, 7) is 1.29. The highest BCUT2D eigenvalue weighted by Crippen LogP contribution is 2.31. The van der Waals surface area contributed by atoms with Crippen molar-refractivity contribution < 1.29 is 0 Å². The Hall–Kier alpha value is -1.02. The van der Waals surface area contributed by atoms with Gasteiger partial charge in [0.15, 0.2) is 0 Å². The van der Waals surface area contributed by atoms with Gasteiger partial charge in [-0.1, -0.05) is 37.8 Å². The van der Waals surface area contributed by atoms with E-state index in [-0.39, 0.29) is 0 Å². The predicted molar refractivity (Wildman–Crippen MR) is 80.7 cm³/mol. The molecule has 1 saturated carbocycles. The van der Waals surface area contributed by atoms with E-state index < -0.39 is 0 Å². The van der Waals surface area contributed by atoms with Crippen LogP contribution in [0.15, 0.2) is 36.2 Å². The summed E-state index contributed by atoms with van der Waals surface area (Å²) >= 11 is 0. The summed E-state index contributed by atoms with van der Waals surface area (Å²) in [4.78, 5) is 2.80. The smallest absolute Gasteiger partial charge is 0.0501 e. The molecule has 0 aromatic carbocycles. The zero-order valence-corrected chi connectivity index (χ0v) is 11.9. The van der Waals surface area contributed by atoms with Gasteiger partial charge in [0, 0.05) is 17.9 Å². The van der Waals surface area contributed by atoms with Gasteiger partial charge in [-0.3, -0.25) is 4.90 Å². The molecule has 1 saturated heterocycles. The lowest BCUT2D eigenvalue weighted by Crippen LogP contribution is -2.49. The molecule has 2 nitrogen and oxygen atoms in total. The number of rotatable bonds is 2. The van der Waals surface area contributed by atoms with E-state index in [0.717, 1.165) is 6.04 Å². The van der Waals surface area contributed by atoms with Crippen LogP contribution >= 0.6 is 0 Å². The average Bonchev–Trinajstić information content (AvgIpc) is 2.77. The molecule has 2 fully saturated rings. The summed E-state index contributed by atoms with van der Waals surface area (Å²) in [5.41, 5.74) is 1.40. The fourth-order valence-electron chi connectivity index (χ4n) is 3.82. The van der Waals surface area contributed by atoms with Crippen molar-refractivity contribution in [2.75, 3.05) is 6.54 Å². The monoisotopic (exact) mass is 258 g/mol. The second kappa shape index (κ2) is 6.42. The predicted octanol–water partition coefficient (Wildman–Crippen LogP) is 3.73. The van der Waals surface area contributed by atoms with Gasteiger partial charge < -0.3 is 5.32 Å². The van der Waals surface area contributed by atoms with Crippen molar-refractivity contribution in [1.82, 2.24) is 10.2 Å². The van der Waals surface area contributed by atoms with Gasteiger partial charge in [-0.15, -0.1) is 0 Å². The minimum Gasteiger partial charge on any atom is -0.364 e. The Morgan fingerprint density at radius 1 is 0.895 bits per heavy atom. The summed E-state index contributed by atoms with van der Waals surface area (Å²) in [7, 11) is 0. The number of hydrogen-bond acceptors (Lipinski definition) is 2. The fraction of sp³-hybridized carbons (Fsp3) is 0.647. The van der Waals surface area contributed by atoms with Crippen LogP contribution < -0.4 is 5.32 Å². The Kier molecular flexibility index (Phi) is 4.39. The SMILES string of the molecule is C1=CC=C(C2CCCCN2C2CCCCC2)NC=C1. The largest absolute Gasteiger partial charge is 0.364 e. The first-order chi connectivity index (χ1) is 9.45. The molecule has 3 aliphatic rings. The zero-order valence-electron chi connectivity index (χ0n) is 11.9. The van der Waals surface area contributed by atoms with Crippen LogP contribution in [0, 0.1) is 0 Å². The third-order valence-corrected chi connectivity index (χ3v) is 4.79. The minimum atomic E-state index is 0.615. The maximum absolute atomic E-state index is 3.50. The van der Waals surface area contributed by atoms with Crippen molar-refractivity contribution in [1.29, 1.82) is 0 Å². The van der Waals surface area contributed by atoms with Crippen molar-refractivity contribution in [3.63, 3.8) is 0 Å². The third kappa shape index (κ3) is 3.11. The third-order valence-electron chi connectivity index (χ3n) is 4.79. The second-order valence-corrected chi connectivity index (χ2v) is 6.05. The van der Waals surface area contributed by atoms with E-state index in [2.05, 4.69) is 40.7 Å². The number of likely N-dealkylation sites (tertiary alicyclic amines) is 1. The molecule has 1 aliphatic carbocycles. The Morgan fingerprint density at radius 3 is 2.63 bits per heavy atom. The van der Waals surface area contributed by atoms with Crippen LogP contribution in [-0.2, 0) is 0 Å². The lowest BCUT2D eigenvalue weighted by atomic mass is 9.89. The molecule has 0 amide bonds. The van der Waals surface area contributed by atoms with Gasteiger partial charge in [-0.2, -0.15) is 0 Å². The Morgan fingerprint density at radius 2 is 1.74 bits per heavy atom. The van der Waals surface area contributed by atoms with Crippen molar-refractivity contribution >= 4 is 0 Å². The minimum absolute atomic E-state index is 0.615. The average molecular weight is 258 g/mol. The molecule has 0 aromatic heterocycles. The molecule has 1 N–H and O–H groups in total. The normalized spacial score (nSPS) is 29.7. The van der Waals surface area contributed by atoms with Crippen LogP contribution in [0.2, 0.25) is 0 Å². The summed E-state index contributed by atoms with van der Waals surface area (Å²) in [5.74, 6) is 0. The van der Waals surface area contributed by atoms with Crippen LogP contribution in [0.1, 0.15) is 51.4 Å². The Labute approximate surface area is 117 Å². The number of allylic oxidation sites excluding steroid dienone is 4. The van der Waals surface area contributed by atoms with Gasteiger partial charge in [-0.05, 0) is 44.4 Å². The lowest BCUT2D eigenvalue weighted by molar-refractivity contribution is 0.0877. The highest BCUT2D eigenvalue weighted by atomic mass is 15.2. The number of hydrogen-bond donors (Lipinski definition) is 1. The topological polar surface area (TPSA) is 15.3 Å². The first-order valence-electron chi connectivity index (χ1n) is 8.01. The van der Waals surface area contributed by atoms with Gasteiger partial charge in [0.25, 0.3) is 0 Å². The molecule has 3 rings (SSSR count). The van der Waals surface area contributed by atoms with Crippen LogP contribution in [0.3, 0.4) is 0 Å². The van der Waals surface area contributed by atoms with Crippen LogP contribution in [0.4, 0.5) is 0 Å². The highest BCUT2D eigenvalue weighted by molar-refractivity contribution is 5.25. The molecule has 0 radical (unpaired) electrons. The summed E-state index contributed by atoms with van der Waals surface area (Å²) in [6.07, 6.45) is 21.9. The Balaban J connectivity index is 1.74. The quantitative estimate of drug-likeness (QED) is 0.812. The first-order valence-corrected chi connectivity index (χ1v) is 8.01. The molecule has 104 valence electrons. The number of nitrogens with one attached hydrogen (secondary N) is 1. The summed E-state index contributed by atoms with van der Waals surface area (Å²) < 4.78 is 0. The van der Waals surface area contributed by atoms with E-state index in [1.54, 1.807) is 0 Å². The standard InChI is InChI=1S/C17H26N2/c1-3-9-15(10-4-1)19-14-8-6-12-17(19)16-11-5-2-7-13-18-16/h2,5,7,11,13,15,17-18H,1,3-4,6,8-10,12,14H2. The van der Waals surface area contributed by atoms with E-state index in [1.807, 2.05) is 0 Å². The van der Waals surface area contributed by atoms with Crippen LogP contribution in [-0.4, -0.2) is 23.5 Å². The van der Waals surface area contributed by atoms with E-state index in [1.165, 1.54) is 63.6 Å². The number of nitrogens with zero attached hydrogens (tertiary/aromatic N) is 1. The molecule has 1 unspecified atom stereocenters. The van der Waals surface area contributed by atoms with Gasteiger partial charge in [0.1, 0.15) is 0 Å². The maximum atomic E-state index is 3.50. The van der Waals surface area contributed by atoms with E-state index in [0.29, 0.717) is 6.04 Å².